The summed E-state index contributed by atoms with van der Waals surface area (Å²) in [5, 5.41) is -0.183. The lowest BCUT2D eigenvalue weighted by Gasteiger charge is -2.37. The second-order valence-corrected chi connectivity index (χ2v) is 17.7. The van der Waals surface area contributed by atoms with Gasteiger partial charge in [0.25, 0.3) is 17.3 Å². The Kier molecular flexibility index (Phi) is 11.2. The minimum atomic E-state index is -4.11. The number of aryl methyl sites for hydroxylation is 1. The Hall–Kier alpha value is -2.67. The Morgan fingerprint density at radius 3 is 2.08 bits per heavy atom. The maximum Gasteiger partial charge on any atom is 0.370 e. The standard InChI is InChI=1S/C26H39N2O10PSi/c1-18-15-27(25(32)28(21(18)29)22(30)19-13-11-10-12-14-19)20(17-38-40(8,9)26(2,3)4)16-37-24(23(31)34-5)39(33,35-6)36-7/h10-15,20,24H,16-17H2,1-9H3. The first kappa shape index (κ1) is 33.5. The van der Waals surface area contributed by atoms with Crippen LogP contribution in [0.25, 0.3) is 0 Å². The van der Waals surface area contributed by atoms with Crippen molar-refractivity contribution in [3.05, 3.63) is 68.5 Å². The molecule has 0 aliphatic heterocycles. The SMILES string of the molecule is COC(=O)C(OCC(CO[Si](C)(C)C(C)(C)C)n1cc(C)c(=O)n(C(=O)c2ccccc2)c1=O)P(=O)(OC)OC. The van der Waals surface area contributed by atoms with Crippen molar-refractivity contribution in [3.63, 3.8) is 0 Å². The van der Waals surface area contributed by atoms with Crippen LogP contribution in [0.2, 0.25) is 18.1 Å². The quantitative estimate of drug-likeness (QED) is 0.202. The number of hydrogen-bond acceptors (Lipinski definition) is 10. The molecule has 0 spiro atoms. The number of methoxy groups -OCH3 is 1. The van der Waals surface area contributed by atoms with Gasteiger partial charge in [-0.15, -0.1) is 0 Å². The lowest BCUT2D eigenvalue weighted by Crippen LogP contribution is -2.48. The lowest BCUT2D eigenvalue weighted by molar-refractivity contribution is -0.150. The first-order valence-electron chi connectivity index (χ1n) is 12.5. The fraction of sp³-hybridized carbons (Fsp3) is 0.538. The zero-order valence-electron chi connectivity index (χ0n) is 24.5. The van der Waals surface area contributed by atoms with Crippen LogP contribution < -0.4 is 11.2 Å². The second-order valence-electron chi connectivity index (χ2n) is 10.7. The van der Waals surface area contributed by atoms with Crippen LogP contribution in [-0.4, -0.2) is 69.7 Å². The first-order valence-corrected chi connectivity index (χ1v) is 17.1. The van der Waals surface area contributed by atoms with Crippen molar-refractivity contribution in [2.24, 2.45) is 0 Å². The van der Waals surface area contributed by atoms with E-state index in [-0.39, 0.29) is 22.8 Å². The van der Waals surface area contributed by atoms with Crippen molar-refractivity contribution >= 4 is 27.8 Å². The minimum Gasteiger partial charge on any atom is -0.467 e. The topological polar surface area (TPSA) is 141 Å². The van der Waals surface area contributed by atoms with Gasteiger partial charge in [0.15, 0.2) is 8.32 Å². The predicted molar refractivity (Wildman–Crippen MR) is 151 cm³/mol. The molecule has 0 saturated heterocycles. The van der Waals surface area contributed by atoms with E-state index in [0.717, 1.165) is 25.9 Å². The predicted octanol–water partition coefficient (Wildman–Crippen LogP) is 3.57. The van der Waals surface area contributed by atoms with Gasteiger partial charge in [-0.25, -0.2) is 9.59 Å². The summed E-state index contributed by atoms with van der Waals surface area (Å²) < 4.78 is 41.5. The minimum absolute atomic E-state index is 0.0777. The molecule has 40 heavy (non-hydrogen) atoms. The molecule has 222 valence electrons. The molecule has 2 atom stereocenters. The average molecular weight is 599 g/mol. The molecular weight excluding hydrogens is 559 g/mol. The number of nitrogens with zero attached hydrogens (tertiary/aromatic N) is 2. The molecule has 1 aromatic heterocycles. The van der Waals surface area contributed by atoms with Gasteiger partial charge in [0.2, 0.25) is 0 Å². The van der Waals surface area contributed by atoms with Crippen molar-refractivity contribution in [1.29, 1.82) is 0 Å². The van der Waals surface area contributed by atoms with Gasteiger partial charge in [-0.1, -0.05) is 39.0 Å². The Balaban J connectivity index is 2.65. The van der Waals surface area contributed by atoms with Crippen LogP contribution in [0.4, 0.5) is 0 Å². The molecule has 0 bridgehead atoms. The molecule has 0 radical (unpaired) electrons. The van der Waals surface area contributed by atoms with Crippen LogP contribution >= 0.6 is 7.60 Å². The average Bonchev–Trinajstić information content (AvgIpc) is 2.92. The zero-order valence-corrected chi connectivity index (χ0v) is 26.4. The number of ether oxygens (including phenoxy) is 2. The summed E-state index contributed by atoms with van der Waals surface area (Å²) in [4.78, 5) is 52.4. The maximum atomic E-state index is 13.7. The zero-order chi connectivity index (χ0) is 30.5. The summed E-state index contributed by atoms with van der Waals surface area (Å²) in [6, 6.07) is 6.98. The highest BCUT2D eigenvalue weighted by Crippen LogP contribution is 2.52. The molecular formula is C26H39N2O10PSi. The molecule has 0 fully saturated rings. The number of rotatable bonds is 12. The summed E-state index contributed by atoms with van der Waals surface area (Å²) in [6.07, 6.45) is 1.31. The van der Waals surface area contributed by atoms with E-state index >= 15 is 0 Å². The van der Waals surface area contributed by atoms with Crippen molar-refractivity contribution in [1.82, 2.24) is 9.13 Å². The van der Waals surface area contributed by atoms with E-state index in [1.165, 1.54) is 25.3 Å². The Morgan fingerprint density at radius 1 is 1.00 bits per heavy atom. The number of hydrogen-bond donors (Lipinski definition) is 0. The molecule has 12 nitrogen and oxygen atoms in total. The normalized spacial score (nSPS) is 14.0. The molecule has 0 N–H and O–H groups in total. The van der Waals surface area contributed by atoms with Gasteiger partial charge < -0.3 is 22.9 Å². The van der Waals surface area contributed by atoms with Crippen molar-refractivity contribution in [2.45, 2.75) is 57.7 Å². The number of benzene rings is 1. The van der Waals surface area contributed by atoms with Gasteiger partial charge in [-0.3, -0.25) is 18.7 Å². The third-order valence-electron chi connectivity index (χ3n) is 6.99. The molecule has 0 aliphatic carbocycles. The van der Waals surface area contributed by atoms with E-state index in [1.807, 2.05) is 33.9 Å². The summed E-state index contributed by atoms with van der Waals surface area (Å²) in [7, 11) is -3.19. The summed E-state index contributed by atoms with van der Waals surface area (Å²) in [5.74, 6) is -3.57. The largest absolute Gasteiger partial charge is 0.467 e. The molecule has 2 rings (SSSR count). The van der Waals surface area contributed by atoms with E-state index in [0.29, 0.717) is 4.57 Å². The fourth-order valence-corrected chi connectivity index (χ4v) is 5.64. The van der Waals surface area contributed by atoms with Crippen molar-refractivity contribution < 1.29 is 37.1 Å². The molecule has 14 heteroatoms. The van der Waals surface area contributed by atoms with Gasteiger partial charge in [0.1, 0.15) is 0 Å². The van der Waals surface area contributed by atoms with Crippen LogP contribution in [0, 0.1) is 6.92 Å². The van der Waals surface area contributed by atoms with Gasteiger partial charge >= 0.3 is 19.3 Å². The van der Waals surface area contributed by atoms with E-state index in [2.05, 4.69) is 0 Å². The monoisotopic (exact) mass is 598 g/mol. The number of carbonyl (C=O) groups excluding carboxylic acids is 2. The fourth-order valence-electron chi connectivity index (χ4n) is 3.44. The summed E-state index contributed by atoms with van der Waals surface area (Å²) >= 11 is 0. The molecule has 0 amide bonds. The smallest absolute Gasteiger partial charge is 0.370 e. The third kappa shape index (κ3) is 7.34. The van der Waals surface area contributed by atoms with Gasteiger partial charge in [0, 0.05) is 31.5 Å². The highest BCUT2D eigenvalue weighted by molar-refractivity contribution is 7.55. The van der Waals surface area contributed by atoms with Crippen LogP contribution in [0.1, 0.15) is 42.7 Å². The third-order valence-corrected chi connectivity index (χ3v) is 13.4. The number of esters is 1. The van der Waals surface area contributed by atoms with Gasteiger partial charge in [0.05, 0.1) is 26.4 Å². The van der Waals surface area contributed by atoms with E-state index < -0.39 is 57.5 Å². The van der Waals surface area contributed by atoms with Gasteiger partial charge in [-0.2, -0.15) is 4.57 Å². The Morgan fingerprint density at radius 2 is 1.57 bits per heavy atom. The highest BCUT2D eigenvalue weighted by atomic mass is 31.2. The van der Waals surface area contributed by atoms with Gasteiger partial charge in [-0.05, 0) is 37.2 Å². The maximum absolute atomic E-state index is 13.7. The molecule has 1 aromatic carbocycles. The number of carbonyl (C=O) groups is 2. The van der Waals surface area contributed by atoms with E-state index in [9.17, 15) is 23.7 Å². The molecule has 0 saturated carbocycles. The number of aromatic nitrogens is 2. The molecule has 0 aliphatic rings. The molecule has 2 aromatic rings. The van der Waals surface area contributed by atoms with Crippen molar-refractivity contribution in [3.8, 4) is 0 Å². The van der Waals surface area contributed by atoms with Crippen LogP contribution in [0.5, 0.6) is 0 Å². The van der Waals surface area contributed by atoms with E-state index in [4.69, 9.17) is 22.9 Å². The summed E-state index contributed by atoms with van der Waals surface area (Å²) in [6.45, 7) is 11.1. The summed E-state index contributed by atoms with van der Waals surface area (Å²) in [5.41, 5.74) is -1.43. The van der Waals surface area contributed by atoms with Crippen LogP contribution in [-0.2, 0) is 32.3 Å². The molecule has 1 heterocycles. The Labute approximate surface area is 234 Å². The van der Waals surface area contributed by atoms with Crippen LogP contribution in [0.15, 0.2) is 46.1 Å². The molecule has 2 unspecified atom stereocenters. The Bertz CT molecular complexity index is 1360. The first-order chi connectivity index (χ1) is 18.5. The highest BCUT2D eigenvalue weighted by Gasteiger charge is 2.43. The van der Waals surface area contributed by atoms with Crippen LogP contribution in [0.3, 0.4) is 0 Å². The van der Waals surface area contributed by atoms with Crippen molar-refractivity contribution in [2.75, 3.05) is 34.5 Å². The lowest BCUT2D eigenvalue weighted by atomic mass is 10.2. The van der Waals surface area contributed by atoms with E-state index in [1.54, 1.807) is 18.2 Å². The second kappa shape index (κ2) is 13.3.